The predicted molar refractivity (Wildman–Crippen MR) is 71.6 cm³/mol. The Kier molecular flexibility index (Phi) is 4.31. The first-order chi connectivity index (χ1) is 8.79. The van der Waals surface area contributed by atoms with Crippen molar-refractivity contribution in [2.24, 2.45) is 0 Å². The lowest BCUT2D eigenvalue weighted by atomic mass is 10.1. The van der Waals surface area contributed by atoms with E-state index in [0.717, 1.165) is 11.3 Å². The molecule has 0 fully saturated rings. The minimum Gasteiger partial charge on any atom is -0.472 e. The molecule has 3 heteroatoms. The maximum Gasteiger partial charge on any atom is 0.214 e. The maximum absolute atomic E-state index is 5.68. The van der Waals surface area contributed by atoms with E-state index in [1.165, 1.54) is 0 Å². The van der Waals surface area contributed by atoms with Gasteiger partial charge in [0, 0.05) is 18.7 Å². The predicted octanol–water partition coefficient (Wildman–Crippen LogP) is 3.16. The van der Waals surface area contributed by atoms with Crippen LogP contribution in [0.15, 0.2) is 48.5 Å². The quantitative estimate of drug-likeness (QED) is 0.808. The van der Waals surface area contributed by atoms with Crippen LogP contribution in [0.4, 0.5) is 0 Å². The van der Waals surface area contributed by atoms with Gasteiger partial charge in [-0.1, -0.05) is 36.4 Å². The summed E-state index contributed by atoms with van der Waals surface area (Å²) in [5, 5.41) is 0. The zero-order chi connectivity index (χ0) is 12.8. The Morgan fingerprint density at radius 3 is 2.56 bits per heavy atom. The number of methoxy groups -OCH3 is 1. The Hall–Kier alpha value is -1.87. The van der Waals surface area contributed by atoms with Gasteiger partial charge in [-0.15, -0.1) is 0 Å². The van der Waals surface area contributed by atoms with Crippen LogP contribution in [0.2, 0.25) is 0 Å². The van der Waals surface area contributed by atoms with E-state index in [0.29, 0.717) is 12.5 Å². The summed E-state index contributed by atoms with van der Waals surface area (Å²) in [6.07, 6.45) is -0.00600. The highest BCUT2D eigenvalue weighted by atomic mass is 16.5. The van der Waals surface area contributed by atoms with Crippen molar-refractivity contribution in [1.82, 2.24) is 4.98 Å². The zero-order valence-corrected chi connectivity index (χ0v) is 10.7. The molecule has 1 unspecified atom stereocenters. The molecule has 0 spiro atoms. The van der Waals surface area contributed by atoms with Crippen molar-refractivity contribution in [2.75, 3.05) is 13.7 Å². The second-order valence-corrected chi connectivity index (χ2v) is 4.11. The molecule has 0 aliphatic heterocycles. The van der Waals surface area contributed by atoms with Crippen LogP contribution in [0.3, 0.4) is 0 Å². The molecule has 94 valence electrons. The average Bonchev–Trinajstić information content (AvgIpc) is 2.40. The molecular formula is C15H17NO2. The summed E-state index contributed by atoms with van der Waals surface area (Å²) >= 11 is 0. The summed E-state index contributed by atoms with van der Waals surface area (Å²) in [5.74, 6) is 0.626. The molecule has 0 amide bonds. The molecule has 0 radical (unpaired) electrons. The lowest BCUT2D eigenvalue weighted by molar-refractivity contribution is 0.0891. The van der Waals surface area contributed by atoms with Gasteiger partial charge in [0.25, 0.3) is 0 Å². The van der Waals surface area contributed by atoms with Crippen LogP contribution >= 0.6 is 0 Å². The molecule has 0 saturated carbocycles. The monoisotopic (exact) mass is 243 g/mol. The lowest BCUT2D eigenvalue weighted by Gasteiger charge is -2.13. The first kappa shape index (κ1) is 12.6. The van der Waals surface area contributed by atoms with E-state index in [1.807, 2.05) is 55.5 Å². The Balaban J connectivity index is 2.15. The van der Waals surface area contributed by atoms with E-state index in [4.69, 9.17) is 9.47 Å². The summed E-state index contributed by atoms with van der Waals surface area (Å²) in [6.45, 7) is 2.51. The third kappa shape index (κ3) is 3.31. The number of hydrogen-bond donors (Lipinski definition) is 0. The van der Waals surface area contributed by atoms with Crippen molar-refractivity contribution in [1.29, 1.82) is 0 Å². The summed E-state index contributed by atoms with van der Waals surface area (Å²) in [6, 6.07) is 15.8. The number of nitrogens with zero attached hydrogens (tertiary/aromatic N) is 1. The summed E-state index contributed by atoms with van der Waals surface area (Å²) in [7, 11) is 1.66. The molecular weight excluding hydrogens is 226 g/mol. The minimum absolute atomic E-state index is 0.00600. The number of benzene rings is 1. The highest BCUT2D eigenvalue weighted by molar-refractivity contribution is 5.59. The average molecular weight is 243 g/mol. The third-order valence-corrected chi connectivity index (χ3v) is 2.52. The number of hydrogen-bond acceptors (Lipinski definition) is 3. The normalized spacial score (nSPS) is 12.1. The molecule has 1 aromatic carbocycles. The Labute approximate surface area is 107 Å². The molecule has 0 aliphatic rings. The van der Waals surface area contributed by atoms with Gasteiger partial charge in [0.1, 0.15) is 6.10 Å². The standard InChI is InChI=1S/C15H17NO2/c1-12(11-17-2)18-15-10-6-9-14(16-15)13-7-4-3-5-8-13/h3-10,12H,11H2,1-2H3. The molecule has 1 atom stereocenters. The maximum atomic E-state index is 5.68. The van der Waals surface area contributed by atoms with Gasteiger partial charge in [0.2, 0.25) is 5.88 Å². The number of rotatable bonds is 5. The zero-order valence-electron chi connectivity index (χ0n) is 10.7. The van der Waals surface area contributed by atoms with Crippen LogP contribution in [0.25, 0.3) is 11.3 Å². The minimum atomic E-state index is -0.00600. The molecule has 18 heavy (non-hydrogen) atoms. The van der Waals surface area contributed by atoms with Gasteiger partial charge in [-0.2, -0.15) is 0 Å². The Morgan fingerprint density at radius 1 is 1.06 bits per heavy atom. The molecule has 0 bridgehead atoms. The van der Waals surface area contributed by atoms with E-state index in [2.05, 4.69) is 4.98 Å². The molecule has 2 rings (SSSR count). The van der Waals surface area contributed by atoms with Gasteiger partial charge in [0.15, 0.2) is 0 Å². The van der Waals surface area contributed by atoms with Crippen LogP contribution in [0, 0.1) is 0 Å². The highest BCUT2D eigenvalue weighted by Crippen LogP contribution is 2.19. The number of pyridine rings is 1. The van der Waals surface area contributed by atoms with Gasteiger partial charge in [0.05, 0.1) is 12.3 Å². The van der Waals surface area contributed by atoms with E-state index >= 15 is 0 Å². The van der Waals surface area contributed by atoms with Crippen LogP contribution in [0.1, 0.15) is 6.92 Å². The Bertz CT molecular complexity index is 485. The van der Waals surface area contributed by atoms with E-state index in [1.54, 1.807) is 7.11 Å². The van der Waals surface area contributed by atoms with Crippen molar-refractivity contribution in [3.63, 3.8) is 0 Å². The number of ether oxygens (including phenoxy) is 2. The second kappa shape index (κ2) is 6.17. The van der Waals surface area contributed by atoms with Crippen LogP contribution < -0.4 is 4.74 Å². The summed E-state index contributed by atoms with van der Waals surface area (Å²) < 4.78 is 10.7. The molecule has 2 aromatic rings. The van der Waals surface area contributed by atoms with Gasteiger partial charge >= 0.3 is 0 Å². The van der Waals surface area contributed by atoms with Crippen molar-refractivity contribution >= 4 is 0 Å². The van der Waals surface area contributed by atoms with Crippen molar-refractivity contribution in [3.8, 4) is 17.1 Å². The largest absolute Gasteiger partial charge is 0.472 e. The molecule has 1 aromatic heterocycles. The first-order valence-corrected chi connectivity index (χ1v) is 5.97. The summed E-state index contributed by atoms with van der Waals surface area (Å²) in [4.78, 5) is 4.49. The second-order valence-electron chi connectivity index (χ2n) is 4.11. The first-order valence-electron chi connectivity index (χ1n) is 5.97. The molecule has 0 aliphatic carbocycles. The van der Waals surface area contributed by atoms with Gasteiger partial charge < -0.3 is 9.47 Å². The fraction of sp³-hybridized carbons (Fsp3) is 0.267. The van der Waals surface area contributed by atoms with Gasteiger partial charge in [-0.05, 0) is 13.0 Å². The summed E-state index contributed by atoms with van der Waals surface area (Å²) in [5.41, 5.74) is 2.00. The van der Waals surface area contributed by atoms with Crippen molar-refractivity contribution in [2.45, 2.75) is 13.0 Å². The van der Waals surface area contributed by atoms with Crippen LogP contribution in [-0.2, 0) is 4.74 Å². The smallest absolute Gasteiger partial charge is 0.214 e. The van der Waals surface area contributed by atoms with Crippen LogP contribution in [-0.4, -0.2) is 24.8 Å². The van der Waals surface area contributed by atoms with E-state index in [-0.39, 0.29) is 6.10 Å². The molecule has 1 heterocycles. The Morgan fingerprint density at radius 2 is 1.83 bits per heavy atom. The molecule has 0 N–H and O–H groups in total. The molecule has 3 nitrogen and oxygen atoms in total. The number of aromatic nitrogens is 1. The lowest BCUT2D eigenvalue weighted by Crippen LogP contribution is -2.18. The van der Waals surface area contributed by atoms with E-state index < -0.39 is 0 Å². The fourth-order valence-corrected chi connectivity index (χ4v) is 1.73. The van der Waals surface area contributed by atoms with Crippen molar-refractivity contribution < 1.29 is 9.47 Å². The molecule has 0 saturated heterocycles. The van der Waals surface area contributed by atoms with Crippen LogP contribution in [0.5, 0.6) is 5.88 Å². The van der Waals surface area contributed by atoms with Gasteiger partial charge in [-0.3, -0.25) is 0 Å². The SMILES string of the molecule is COCC(C)Oc1cccc(-c2ccccc2)n1. The highest BCUT2D eigenvalue weighted by Gasteiger charge is 2.05. The fourth-order valence-electron chi connectivity index (χ4n) is 1.73. The van der Waals surface area contributed by atoms with Crippen molar-refractivity contribution in [3.05, 3.63) is 48.5 Å². The van der Waals surface area contributed by atoms with Gasteiger partial charge in [-0.25, -0.2) is 4.98 Å². The van der Waals surface area contributed by atoms with E-state index in [9.17, 15) is 0 Å². The topological polar surface area (TPSA) is 31.4 Å². The third-order valence-electron chi connectivity index (χ3n) is 2.52.